The Kier molecular flexibility index (Phi) is 3.98. The van der Waals surface area contributed by atoms with Crippen molar-refractivity contribution in [3.05, 3.63) is 22.4 Å². The molecule has 2 heterocycles. The van der Waals surface area contributed by atoms with E-state index in [-0.39, 0.29) is 12.5 Å². The smallest absolute Gasteiger partial charge is 0.308 e. The van der Waals surface area contributed by atoms with Crippen molar-refractivity contribution in [3.63, 3.8) is 0 Å². The van der Waals surface area contributed by atoms with Gasteiger partial charge in [-0.05, 0) is 24.3 Å². The molecule has 3 N–H and O–H groups in total. The first-order chi connectivity index (χ1) is 8.59. The molecule has 0 aromatic carbocycles. The second-order valence-corrected chi connectivity index (χ2v) is 5.43. The largest absolute Gasteiger partial charge is 0.481 e. The third-order valence-corrected chi connectivity index (χ3v) is 4.15. The van der Waals surface area contributed by atoms with Gasteiger partial charge in [0.05, 0.1) is 5.92 Å². The number of likely N-dealkylation sites (tertiary alicyclic amines) is 1. The fourth-order valence-corrected chi connectivity index (χ4v) is 2.88. The van der Waals surface area contributed by atoms with Gasteiger partial charge >= 0.3 is 5.97 Å². The summed E-state index contributed by atoms with van der Waals surface area (Å²) in [5, 5.41) is 10.9. The van der Waals surface area contributed by atoms with Gasteiger partial charge in [-0.1, -0.05) is 6.07 Å². The monoisotopic (exact) mass is 268 g/mol. The lowest BCUT2D eigenvalue weighted by Gasteiger charge is -2.32. The molecule has 1 unspecified atom stereocenters. The minimum absolute atomic E-state index is 0.177. The van der Waals surface area contributed by atoms with E-state index in [1.54, 1.807) is 4.90 Å². The minimum atomic E-state index is -0.836. The summed E-state index contributed by atoms with van der Waals surface area (Å²) < 4.78 is 0. The van der Waals surface area contributed by atoms with E-state index in [9.17, 15) is 9.59 Å². The first-order valence-electron chi connectivity index (χ1n) is 5.90. The summed E-state index contributed by atoms with van der Waals surface area (Å²) >= 11 is 1.44. The summed E-state index contributed by atoms with van der Waals surface area (Å²) in [6.45, 7) is 0.870. The summed E-state index contributed by atoms with van der Waals surface area (Å²) in [5.41, 5.74) is 5.91. The van der Waals surface area contributed by atoms with Gasteiger partial charge in [-0.15, -0.1) is 11.3 Å². The average molecular weight is 268 g/mol. The molecule has 0 saturated carbocycles. The third-order valence-electron chi connectivity index (χ3n) is 3.20. The van der Waals surface area contributed by atoms with Crippen LogP contribution in [0.4, 0.5) is 0 Å². The van der Waals surface area contributed by atoms with Crippen LogP contribution in [0.2, 0.25) is 0 Å². The zero-order valence-electron chi connectivity index (χ0n) is 9.91. The van der Waals surface area contributed by atoms with E-state index in [0.29, 0.717) is 13.0 Å². The van der Waals surface area contributed by atoms with Crippen molar-refractivity contribution >= 4 is 23.2 Å². The molecule has 1 amide bonds. The van der Waals surface area contributed by atoms with Crippen molar-refractivity contribution in [2.24, 2.45) is 11.7 Å². The molecule has 0 radical (unpaired) electrons. The van der Waals surface area contributed by atoms with Gasteiger partial charge < -0.3 is 15.7 Å². The highest BCUT2D eigenvalue weighted by molar-refractivity contribution is 7.10. The van der Waals surface area contributed by atoms with Gasteiger partial charge in [0.15, 0.2) is 0 Å². The van der Waals surface area contributed by atoms with E-state index < -0.39 is 17.9 Å². The van der Waals surface area contributed by atoms with Crippen LogP contribution in [0.5, 0.6) is 0 Å². The SMILES string of the molecule is NC(C(=O)N1CCC[C@@H](C(=O)O)C1)c1cccs1. The molecular formula is C12H16N2O3S. The van der Waals surface area contributed by atoms with Crippen LogP contribution in [0.1, 0.15) is 23.8 Å². The predicted molar refractivity (Wildman–Crippen MR) is 68.2 cm³/mol. The molecule has 1 aliphatic rings. The quantitative estimate of drug-likeness (QED) is 0.859. The first kappa shape index (κ1) is 13.0. The lowest BCUT2D eigenvalue weighted by atomic mass is 9.97. The maximum Gasteiger partial charge on any atom is 0.308 e. The molecule has 1 fully saturated rings. The summed E-state index contributed by atoms with van der Waals surface area (Å²) in [4.78, 5) is 25.5. The molecule has 6 heteroatoms. The maximum atomic E-state index is 12.2. The summed E-state index contributed by atoms with van der Waals surface area (Å²) in [6, 6.07) is 3.01. The van der Waals surface area contributed by atoms with Crippen molar-refractivity contribution in [2.75, 3.05) is 13.1 Å². The van der Waals surface area contributed by atoms with Gasteiger partial charge in [0.1, 0.15) is 6.04 Å². The highest BCUT2D eigenvalue weighted by Crippen LogP contribution is 2.23. The van der Waals surface area contributed by atoms with Gasteiger partial charge in [0, 0.05) is 18.0 Å². The van der Waals surface area contributed by atoms with Crippen molar-refractivity contribution < 1.29 is 14.7 Å². The molecule has 2 atom stereocenters. The van der Waals surface area contributed by atoms with Gasteiger partial charge in [-0.3, -0.25) is 9.59 Å². The van der Waals surface area contributed by atoms with Crippen molar-refractivity contribution in [2.45, 2.75) is 18.9 Å². The number of piperidine rings is 1. The molecule has 1 aromatic heterocycles. The van der Waals surface area contributed by atoms with E-state index in [4.69, 9.17) is 10.8 Å². The van der Waals surface area contributed by atoms with Crippen LogP contribution in [-0.2, 0) is 9.59 Å². The Hall–Kier alpha value is -1.40. The molecule has 0 bridgehead atoms. The summed E-state index contributed by atoms with van der Waals surface area (Å²) in [6.07, 6.45) is 1.35. The second kappa shape index (κ2) is 5.49. The fourth-order valence-electron chi connectivity index (χ4n) is 2.17. The molecule has 1 aromatic rings. The number of rotatable bonds is 3. The van der Waals surface area contributed by atoms with Gasteiger partial charge in [-0.25, -0.2) is 0 Å². The Morgan fingerprint density at radius 2 is 2.33 bits per heavy atom. The number of nitrogens with two attached hydrogens (primary N) is 1. The number of carbonyl (C=O) groups is 2. The molecule has 2 rings (SSSR count). The van der Waals surface area contributed by atoms with Crippen LogP contribution in [-0.4, -0.2) is 35.0 Å². The topological polar surface area (TPSA) is 83.6 Å². The lowest BCUT2D eigenvalue weighted by Crippen LogP contribution is -2.45. The normalized spacial score (nSPS) is 21.6. The second-order valence-electron chi connectivity index (χ2n) is 4.45. The van der Waals surface area contributed by atoms with Crippen molar-refractivity contribution in [1.82, 2.24) is 4.90 Å². The molecule has 1 saturated heterocycles. The number of carboxylic acids is 1. The van der Waals surface area contributed by atoms with Crippen LogP contribution in [0.25, 0.3) is 0 Å². The maximum absolute atomic E-state index is 12.2. The van der Waals surface area contributed by atoms with Gasteiger partial charge in [-0.2, -0.15) is 0 Å². The summed E-state index contributed by atoms with van der Waals surface area (Å²) in [5.74, 6) is -1.47. The van der Waals surface area contributed by atoms with E-state index in [0.717, 1.165) is 11.3 Å². The Labute approximate surface area is 109 Å². The number of aliphatic carboxylic acids is 1. The van der Waals surface area contributed by atoms with Crippen LogP contribution in [0.15, 0.2) is 17.5 Å². The van der Waals surface area contributed by atoms with E-state index in [2.05, 4.69) is 0 Å². The standard InChI is InChI=1S/C12H16N2O3S/c13-10(9-4-2-6-18-9)11(15)14-5-1-3-8(7-14)12(16)17/h2,4,6,8,10H,1,3,5,7,13H2,(H,16,17)/t8-,10?/m1/s1. The lowest BCUT2D eigenvalue weighted by molar-refractivity contribution is -0.146. The molecule has 18 heavy (non-hydrogen) atoms. The number of carbonyl (C=O) groups excluding carboxylic acids is 1. The number of nitrogens with zero attached hydrogens (tertiary/aromatic N) is 1. The Morgan fingerprint density at radius 1 is 1.56 bits per heavy atom. The summed E-state index contributed by atoms with van der Waals surface area (Å²) in [7, 11) is 0. The molecular weight excluding hydrogens is 252 g/mol. The van der Waals surface area contributed by atoms with Gasteiger partial charge in [0.2, 0.25) is 5.91 Å². The van der Waals surface area contributed by atoms with Crippen molar-refractivity contribution in [3.8, 4) is 0 Å². The first-order valence-corrected chi connectivity index (χ1v) is 6.78. The van der Waals surface area contributed by atoms with Crippen LogP contribution >= 0.6 is 11.3 Å². The zero-order chi connectivity index (χ0) is 13.1. The Morgan fingerprint density at radius 3 is 2.94 bits per heavy atom. The number of thiophene rings is 1. The van der Waals surface area contributed by atoms with E-state index >= 15 is 0 Å². The number of carboxylic acid groups (broad SMARTS) is 1. The van der Waals surface area contributed by atoms with E-state index in [1.807, 2.05) is 17.5 Å². The van der Waals surface area contributed by atoms with Crippen LogP contribution in [0.3, 0.4) is 0 Å². The van der Waals surface area contributed by atoms with Gasteiger partial charge in [0.25, 0.3) is 0 Å². The van der Waals surface area contributed by atoms with Crippen LogP contribution in [0, 0.1) is 5.92 Å². The Balaban J connectivity index is 2.02. The number of hydrogen-bond acceptors (Lipinski definition) is 4. The molecule has 98 valence electrons. The zero-order valence-corrected chi connectivity index (χ0v) is 10.7. The van der Waals surface area contributed by atoms with Crippen molar-refractivity contribution in [1.29, 1.82) is 0 Å². The number of hydrogen-bond donors (Lipinski definition) is 2. The average Bonchev–Trinajstić information content (AvgIpc) is 2.91. The predicted octanol–water partition coefficient (Wildman–Crippen LogP) is 1.07. The Bertz CT molecular complexity index is 433. The fraction of sp³-hybridized carbons (Fsp3) is 0.500. The number of amides is 1. The third kappa shape index (κ3) is 2.70. The molecule has 5 nitrogen and oxygen atoms in total. The minimum Gasteiger partial charge on any atom is -0.481 e. The molecule has 0 spiro atoms. The van der Waals surface area contributed by atoms with E-state index in [1.165, 1.54) is 11.3 Å². The highest BCUT2D eigenvalue weighted by Gasteiger charge is 2.31. The highest BCUT2D eigenvalue weighted by atomic mass is 32.1. The molecule has 1 aliphatic heterocycles. The van der Waals surface area contributed by atoms with Crippen LogP contribution < -0.4 is 5.73 Å². The molecule has 0 aliphatic carbocycles.